The van der Waals surface area contributed by atoms with E-state index in [0.29, 0.717) is 30.2 Å². The van der Waals surface area contributed by atoms with Crippen molar-refractivity contribution >= 4 is 17.6 Å². The highest BCUT2D eigenvalue weighted by atomic mass is 16.5. The smallest absolute Gasteiger partial charge is 0.319 e. The Labute approximate surface area is 121 Å². The quantitative estimate of drug-likeness (QED) is 0.282. The Bertz CT molecular complexity index is 541. The number of hydrogen-bond donors (Lipinski definition) is 4. The second-order valence-corrected chi connectivity index (χ2v) is 4.56. The van der Waals surface area contributed by atoms with E-state index < -0.39 is 0 Å². The molecule has 0 bridgehead atoms. The van der Waals surface area contributed by atoms with Crippen molar-refractivity contribution in [2.75, 3.05) is 25.6 Å². The van der Waals surface area contributed by atoms with Gasteiger partial charge in [0, 0.05) is 12.2 Å². The molecule has 5 N–H and O–H groups in total. The molecule has 0 saturated carbocycles. The maximum Gasteiger partial charge on any atom is 0.319 e. The third-order valence-electron chi connectivity index (χ3n) is 3.12. The molecule has 1 unspecified atom stereocenters. The minimum absolute atomic E-state index is 0.0208. The first kappa shape index (κ1) is 14.9. The van der Waals surface area contributed by atoms with E-state index in [1.54, 1.807) is 18.2 Å². The summed E-state index contributed by atoms with van der Waals surface area (Å²) in [5.74, 6) is 0.379. The second kappa shape index (κ2) is 6.80. The Morgan fingerprint density at radius 1 is 1.57 bits per heavy atom. The van der Waals surface area contributed by atoms with Gasteiger partial charge in [-0.05, 0) is 24.6 Å². The summed E-state index contributed by atoms with van der Waals surface area (Å²) in [6.07, 6.45) is 0.799. The monoisotopic (exact) mass is 294 g/mol. The molecule has 1 fully saturated rings. The van der Waals surface area contributed by atoms with Crippen molar-refractivity contribution in [1.29, 1.82) is 0 Å². The number of anilines is 1. The van der Waals surface area contributed by atoms with E-state index >= 15 is 0 Å². The fourth-order valence-corrected chi connectivity index (χ4v) is 2.00. The summed E-state index contributed by atoms with van der Waals surface area (Å²) in [5, 5.41) is 17.1. The lowest BCUT2D eigenvalue weighted by Gasteiger charge is -2.14. The van der Waals surface area contributed by atoms with Gasteiger partial charge in [-0.2, -0.15) is 0 Å². The normalized spacial score (nSPS) is 18.3. The number of carbonyl (C=O) groups excluding carboxylic acids is 1. The Balaban J connectivity index is 2.06. The van der Waals surface area contributed by atoms with Gasteiger partial charge in [0.1, 0.15) is 5.75 Å². The zero-order chi connectivity index (χ0) is 15.2. The fourth-order valence-electron chi connectivity index (χ4n) is 2.00. The third-order valence-corrected chi connectivity index (χ3v) is 3.12. The van der Waals surface area contributed by atoms with Gasteiger partial charge in [-0.25, -0.2) is 4.79 Å². The zero-order valence-electron chi connectivity index (χ0n) is 11.6. The van der Waals surface area contributed by atoms with Crippen LogP contribution in [0.4, 0.5) is 10.5 Å². The van der Waals surface area contributed by atoms with Crippen molar-refractivity contribution in [3.8, 4) is 5.75 Å². The van der Waals surface area contributed by atoms with Crippen LogP contribution in [0.3, 0.4) is 0 Å². The molecule has 8 heteroatoms. The molecule has 0 aliphatic carbocycles. The molecule has 1 atom stereocenters. The van der Waals surface area contributed by atoms with Gasteiger partial charge in [-0.15, -0.1) is 0 Å². The molecule has 1 aromatic carbocycles. The minimum atomic E-state index is -0.333. The van der Waals surface area contributed by atoms with Crippen molar-refractivity contribution in [2.45, 2.75) is 12.5 Å². The van der Waals surface area contributed by atoms with E-state index in [1.165, 1.54) is 7.11 Å². The number of ether oxygens (including phenoxy) is 2. The summed E-state index contributed by atoms with van der Waals surface area (Å²) in [5.41, 5.74) is 6.49. The number of methoxy groups -OCH3 is 1. The molecular weight excluding hydrogens is 276 g/mol. The molecule has 0 aromatic heterocycles. The first-order valence-electron chi connectivity index (χ1n) is 6.45. The summed E-state index contributed by atoms with van der Waals surface area (Å²) in [6, 6.07) is 4.50. The lowest BCUT2D eigenvalue weighted by molar-refractivity contribution is 0.189. The number of amides is 2. The lowest BCUT2D eigenvalue weighted by Crippen LogP contribution is -2.38. The Hall–Kier alpha value is -2.48. The maximum absolute atomic E-state index is 11.9. The van der Waals surface area contributed by atoms with Crippen molar-refractivity contribution < 1.29 is 19.5 Å². The molecule has 0 radical (unpaired) electrons. The standard InChI is InChI=1S/C13H18N4O4/c1-20-11-6-8(12(14)17-19)2-3-10(11)16-13(18)15-9-4-5-21-7-9/h2-3,6,9,19H,4-5,7H2,1H3,(H2,14,17)(H2,15,16,18). The number of nitrogens with two attached hydrogens (primary N) is 1. The SMILES string of the molecule is COc1cc(/C(N)=N/O)ccc1NC(=O)NC1CCOC1. The largest absolute Gasteiger partial charge is 0.495 e. The highest BCUT2D eigenvalue weighted by molar-refractivity contribution is 5.99. The molecule has 1 saturated heterocycles. The van der Waals surface area contributed by atoms with Gasteiger partial charge in [-0.1, -0.05) is 5.16 Å². The summed E-state index contributed by atoms with van der Waals surface area (Å²) in [6.45, 7) is 1.18. The zero-order valence-corrected chi connectivity index (χ0v) is 11.6. The van der Waals surface area contributed by atoms with Gasteiger partial charge in [0.15, 0.2) is 5.84 Å². The number of carbonyl (C=O) groups is 1. The summed E-state index contributed by atoms with van der Waals surface area (Å²) in [7, 11) is 1.47. The molecule has 2 amide bonds. The number of amidine groups is 1. The predicted molar refractivity (Wildman–Crippen MR) is 76.9 cm³/mol. The van der Waals surface area contributed by atoms with Gasteiger partial charge in [0.2, 0.25) is 0 Å². The van der Waals surface area contributed by atoms with Crippen LogP contribution in [0.5, 0.6) is 5.75 Å². The number of benzene rings is 1. The highest BCUT2D eigenvalue weighted by Gasteiger charge is 2.18. The van der Waals surface area contributed by atoms with Crippen LogP contribution in [0.2, 0.25) is 0 Å². The maximum atomic E-state index is 11.9. The van der Waals surface area contributed by atoms with E-state index in [4.69, 9.17) is 20.4 Å². The number of rotatable bonds is 4. The molecule has 8 nitrogen and oxygen atoms in total. The van der Waals surface area contributed by atoms with E-state index in [9.17, 15) is 4.79 Å². The average molecular weight is 294 g/mol. The van der Waals surface area contributed by atoms with Crippen LogP contribution < -0.4 is 21.1 Å². The minimum Gasteiger partial charge on any atom is -0.495 e. The molecule has 1 aromatic rings. The summed E-state index contributed by atoms with van der Waals surface area (Å²) < 4.78 is 10.4. The van der Waals surface area contributed by atoms with Gasteiger partial charge in [0.05, 0.1) is 25.4 Å². The molecule has 1 heterocycles. The van der Waals surface area contributed by atoms with Crippen LogP contribution in [0, 0.1) is 0 Å². The van der Waals surface area contributed by atoms with Crippen LogP contribution in [0.15, 0.2) is 23.4 Å². The van der Waals surface area contributed by atoms with Crippen molar-refractivity contribution in [1.82, 2.24) is 5.32 Å². The lowest BCUT2D eigenvalue weighted by atomic mass is 10.1. The van der Waals surface area contributed by atoms with Crippen molar-refractivity contribution in [2.24, 2.45) is 10.9 Å². The van der Waals surface area contributed by atoms with Crippen LogP contribution in [-0.2, 0) is 4.74 Å². The molecule has 0 spiro atoms. The van der Waals surface area contributed by atoms with E-state index in [0.717, 1.165) is 6.42 Å². The average Bonchev–Trinajstić information content (AvgIpc) is 2.99. The molecule has 21 heavy (non-hydrogen) atoms. The molecule has 114 valence electrons. The predicted octanol–water partition coefficient (Wildman–Crippen LogP) is 0.700. The van der Waals surface area contributed by atoms with Crippen molar-refractivity contribution in [3.05, 3.63) is 23.8 Å². The number of urea groups is 1. The molecule has 1 aliphatic rings. The first-order chi connectivity index (χ1) is 10.1. The van der Waals surface area contributed by atoms with Crippen LogP contribution >= 0.6 is 0 Å². The van der Waals surface area contributed by atoms with Gasteiger partial charge in [-0.3, -0.25) is 0 Å². The van der Waals surface area contributed by atoms with Crippen LogP contribution in [0.25, 0.3) is 0 Å². The van der Waals surface area contributed by atoms with Gasteiger partial charge < -0.3 is 31.0 Å². The number of oxime groups is 1. The summed E-state index contributed by atoms with van der Waals surface area (Å²) >= 11 is 0. The van der Waals surface area contributed by atoms with Crippen LogP contribution in [-0.4, -0.2) is 43.4 Å². The van der Waals surface area contributed by atoms with Crippen LogP contribution in [0.1, 0.15) is 12.0 Å². The number of hydrogen-bond acceptors (Lipinski definition) is 5. The third kappa shape index (κ3) is 3.76. The van der Waals surface area contributed by atoms with E-state index in [2.05, 4.69) is 15.8 Å². The van der Waals surface area contributed by atoms with E-state index in [1.807, 2.05) is 0 Å². The van der Waals surface area contributed by atoms with E-state index in [-0.39, 0.29) is 17.9 Å². The van der Waals surface area contributed by atoms with Gasteiger partial charge in [0.25, 0.3) is 0 Å². The molecule has 1 aliphatic heterocycles. The van der Waals surface area contributed by atoms with Crippen molar-refractivity contribution in [3.63, 3.8) is 0 Å². The Kier molecular flexibility index (Phi) is 4.83. The molecule has 2 rings (SSSR count). The second-order valence-electron chi connectivity index (χ2n) is 4.56. The highest BCUT2D eigenvalue weighted by Crippen LogP contribution is 2.25. The number of nitrogens with one attached hydrogen (secondary N) is 2. The fraction of sp³-hybridized carbons (Fsp3) is 0.385. The Morgan fingerprint density at radius 3 is 3.00 bits per heavy atom. The topological polar surface area (TPSA) is 118 Å². The van der Waals surface area contributed by atoms with Gasteiger partial charge >= 0.3 is 6.03 Å². The number of nitrogens with zero attached hydrogens (tertiary/aromatic N) is 1. The first-order valence-corrected chi connectivity index (χ1v) is 6.45. The summed E-state index contributed by atoms with van der Waals surface area (Å²) in [4.78, 5) is 11.9. The molecular formula is C13H18N4O4. The Morgan fingerprint density at radius 2 is 2.38 bits per heavy atom.